The third-order valence-electron chi connectivity index (χ3n) is 6.47. The number of hydrogen-bond donors (Lipinski definition) is 2. The zero-order chi connectivity index (χ0) is 26.7. The highest BCUT2D eigenvalue weighted by Crippen LogP contribution is 2.22. The van der Waals surface area contributed by atoms with Crippen molar-refractivity contribution in [2.75, 3.05) is 52.6 Å². The third-order valence-corrected chi connectivity index (χ3v) is 6.47. The van der Waals surface area contributed by atoms with Crippen molar-refractivity contribution in [2.24, 2.45) is 5.41 Å². The second-order valence-corrected chi connectivity index (χ2v) is 10.3. The fourth-order valence-electron chi connectivity index (χ4n) is 3.90. The summed E-state index contributed by atoms with van der Waals surface area (Å²) in [5.41, 5.74) is -0.963. The topological polar surface area (TPSA) is 114 Å². The normalized spacial score (nSPS) is 15.3. The van der Waals surface area contributed by atoms with Crippen LogP contribution in [0.4, 0.5) is 0 Å². The van der Waals surface area contributed by atoms with E-state index in [1.165, 1.54) is 38.5 Å². The molecule has 1 aliphatic rings. The van der Waals surface area contributed by atoms with Crippen molar-refractivity contribution in [3.8, 4) is 0 Å². The minimum Gasteiger partial charge on any atom is -0.466 e. The maximum atomic E-state index is 12.3. The van der Waals surface area contributed by atoms with E-state index >= 15 is 0 Å². The van der Waals surface area contributed by atoms with Gasteiger partial charge in [-0.25, -0.2) is 0 Å². The molecule has 1 fully saturated rings. The van der Waals surface area contributed by atoms with Crippen LogP contribution in [-0.4, -0.2) is 86.6 Å². The summed E-state index contributed by atoms with van der Waals surface area (Å²) in [7, 11) is 0. The van der Waals surface area contributed by atoms with Crippen molar-refractivity contribution in [3.63, 3.8) is 0 Å². The zero-order valence-electron chi connectivity index (χ0n) is 22.9. The number of aliphatic hydroxyl groups is 1. The maximum Gasteiger partial charge on any atom is 0.307 e. The Bertz CT molecular complexity index is 621. The number of morpholine rings is 1. The van der Waals surface area contributed by atoms with Crippen LogP contribution in [0, 0.1) is 5.41 Å². The summed E-state index contributed by atoms with van der Waals surface area (Å²) in [6, 6.07) is 0. The quantitative estimate of drug-likeness (QED) is 0.188. The molecule has 0 spiro atoms. The Balaban J connectivity index is 2.09. The molecular weight excluding hydrogens is 464 g/mol. The molecule has 210 valence electrons. The van der Waals surface area contributed by atoms with Crippen LogP contribution in [-0.2, 0) is 28.6 Å². The Hall–Kier alpha value is -1.71. The summed E-state index contributed by atoms with van der Waals surface area (Å²) in [5.74, 6) is -1.33. The fourth-order valence-corrected chi connectivity index (χ4v) is 3.90. The van der Waals surface area contributed by atoms with Gasteiger partial charge in [-0.1, -0.05) is 72.1 Å². The molecule has 0 radical (unpaired) electrons. The van der Waals surface area contributed by atoms with Gasteiger partial charge >= 0.3 is 11.9 Å². The van der Waals surface area contributed by atoms with Gasteiger partial charge in [-0.15, -0.1) is 0 Å². The minimum absolute atomic E-state index is 0.0485. The van der Waals surface area contributed by atoms with Gasteiger partial charge in [0.1, 0.15) is 6.10 Å². The van der Waals surface area contributed by atoms with Crippen LogP contribution in [0.3, 0.4) is 0 Å². The molecule has 1 heterocycles. The number of unbranched alkanes of at least 4 members (excludes halogenated alkanes) is 8. The zero-order valence-corrected chi connectivity index (χ0v) is 22.9. The third kappa shape index (κ3) is 15.4. The van der Waals surface area contributed by atoms with Crippen LogP contribution < -0.4 is 5.32 Å². The van der Waals surface area contributed by atoms with E-state index < -0.39 is 17.4 Å². The van der Waals surface area contributed by atoms with E-state index in [4.69, 9.17) is 14.2 Å². The Morgan fingerprint density at radius 2 is 1.50 bits per heavy atom. The molecule has 0 bridgehead atoms. The number of aliphatic hydroxyl groups excluding tert-OH is 1. The monoisotopic (exact) mass is 514 g/mol. The average Bonchev–Trinajstić information content (AvgIpc) is 2.87. The van der Waals surface area contributed by atoms with E-state index in [0.29, 0.717) is 26.4 Å². The molecule has 1 saturated heterocycles. The van der Waals surface area contributed by atoms with Crippen LogP contribution in [0.2, 0.25) is 0 Å². The van der Waals surface area contributed by atoms with E-state index in [0.717, 1.165) is 32.4 Å². The number of rotatable bonds is 20. The molecule has 1 rings (SSSR count). The van der Waals surface area contributed by atoms with Crippen molar-refractivity contribution >= 4 is 17.8 Å². The lowest BCUT2D eigenvalue weighted by molar-refractivity contribution is -0.154. The number of esters is 2. The highest BCUT2D eigenvalue weighted by atomic mass is 16.5. The number of amides is 1. The molecule has 0 aromatic rings. The predicted molar refractivity (Wildman–Crippen MR) is 138 cm³/mol. The summed E-state index contributed by atoms with van der Waals surface area (Å²) < 4.78 is 15.8. The first-order valence-corrected chi connectivity index (χ1v) is 13.8. The number of carbonyl (C=O) groups excluding carboxylic acids is 3. The second kappa shape index (κ2) is 19.4. The molecule has 9 nitrogen and oxygen atoms in total. The largest absolute Gasteiger partial charge is 0.466 e. The first-order valence-electron chi connectivity index (χ1n) is 13.8. The van der Waals surface area contributed by atoms with Gasteiger partial charge in [0, 0.05) is 31.6 Å². The maximum absolute atomic E-state index is 12.3. The van der Waals surface area contributed by atoms with E-state index in [9.17, 15) is 19.5 Å². The summed E-state index contributed by atoms with van der Waals surface area (Å²) in [6.45, 7) is 9.46. The SMILES string of the molecule is CCCCCCCCCCCOC(=O)CCNC(=O)[C@H](O)C(C)(C)COC(=O)CCN1CCOCC1. The number of carbonyl (C=O) groups is 3. The van der Waals surface area contributed by atoms with E-state index in [-0.39, 0.29) is 37.9 Å². The molecule has 1 aliphatic heterocycles. The molecule has 0 unspecified atom stereocenters. The fraction of sp³-hybridized carbons (Fsp3) is 0.889. The smallest absolute Gasteiger partial charge is 0.307 e. The molecule has 36 heavy (non-hydrogen) atoms. The molecule has 1 amide bonds. The van der Waals surface area contributed by atoms with Gasteiger partial charge in [0.05, 0.1) is 39.3 Å². The molecule has 1 atom stereocenters. The molecule has 0 saturated carbocycles. The second-order valence-electron chi connectivity index (χ2n) is 10.3. The van der Waals surface area contributed by atoms with Crippen LogP contribution in [0.1, 0.15) is 91.4 Å². The van der Waals surface area contributed by atoms with E-state index in [1.54, 1.807) is 13.8 Å². The van der Waals surface area contributed by atoms with Crippen molar-refractivity contribution < 1.29 is 33.7 Å². The van der Waals surface area contributed by atoms with Gasteiger partial charge in [-0.05, 0) is 6.42 Å². The molecule has 0 aromatic carbocycles. The van der Waals surface area contributed by atoms with Crippen LogP contribution in [0.25, 0.3) is 0 Å². The average molecular weight is 515 g/mol. The summed E-state index contributed by atoms with van der Waals surface area (Å²) in [4.78, 5) is 38.4. The minimum atomic E-state index is -1.37. The van der Waals surface area contributed by atoms with Crippen LogP contribution >= 0.6 is 0 Å². The number of nitrogens with zero attached hydrogens (tertiary/aromatic N) is 1. The van der Waals surface area contributed by atoms with E-state index in [1.807, 2.05) is 0 Å². The van der Waals surface area contributed by atoms with Crippen molar-refractivity contribution in [2.45, 2.75) is 97.5 Å². The van der Waals surface area contributed by atoms with Gasteiger partial charge in [0.2, 0.25) is 5.91 Å². The van der Waals surface area contributed by atoms with Crippen LogP contribution in [0.5, 0.6) is 0 Å². The summed E-state index contributed by atoms with van der Waals surface area (Å²) in [6.07, 6.45) is 9.71. The lowest BCUT2D eigenvalue weighted by Crippen LogP contribution is -2.46. The Morgan fingerprint density at radius 1 is 0.917 bits per heavy atom. The van der Waals surface area contributed by atoms with Gasteiger partial charge < -0.3 is 24.6 Å². The number of hydrogen-bond acceptors (Lipinski definition) is 8. The lowest BCUT2D eigenvalue weighted by Gasteiger charge is -2.29. The molecule has 9 heteroatoms. The highest BCUT2D eigenvalue weighted by molar-refractivity contribution is 5.82. The van der Waals surface area contributed by atoms with Crippen molar-refractivity contribution in [1.82, 2.24) is 10.2 Å². The Kier molecular flexibility index (Phi) is 17.4. The first-order chi connectivity index (χ1) is 17.3. The Labute approximate surface area is 217 Å². The van der Waals surface area contributed by atoms with Crippen molar-refractivity contribution in [3.05, 3.63) is 0 Å². The van der Waals surface area contributed by atoms with Crippen molar-refractivity contribution in [1.29, 1.82) is 0 Å². The first kappa shape index (κ1) is 32.3. The summed E-state index contributed by atoms with van der Waals surface area (Å²) in [5, 5.41) is 13.0. The van der Waals surface area contributed by atoms with Gasteiger partial charge in [0.15, 0.2) is 0 Å². The standard InChI is InChI=1S/C27H50N2O7/c1-4-5-6-7-8-9-10-11-12-19-35-23(30)13-15-28-26(33)25(32)27(2,3)22-36-24(31)14-16-29-17-20-34-21-18-29/h25,32H,4-22H2,1-3H3,(H,28,33)/t25-/m0/s1. The predicted octanol–water partition coefficient (Wildman–Crippen LogP) is 3.22. The van der Waals surface area contributed by atoms with Crippen LogP contribution in [0.15, 0.2) is 0 Å². The number of ether oxygens (including phenoxy) is 3. The van der Waals surface area contributed by atoms with Gasteiger partial charge in [-0.3, -0.25) is 19.3 Å². The number of nitrogens with one attached hydrogen (secondary N) is 1. The van der Waals surface area contributed by atoms with Gasteiger partial charge in [0.25, 0.3) is 0 Å². The highest BCUT2D eigenvalue weighted by Gasteiger charge is 2.35. The molecule has 0 aliphatic carbocycles. The lowest BCUT2D eigenvalue weighted by atomic mass is 9.87. The molecular formula is C27H50N2O7. The Morgan fingerprint density at radius 3 is 2.14 bits per heavy atom. The molecule has 2 N–H and O–H groups in total. The summed E-state index contributed by atoms with van der Waals surface area (Å²) >= 11 is 0. The molecule has 0 aromatic heterocycles. The van der Waals surface area contributed by atoms with E-state index in [2.05, 4.69) is 17.1 Å². The van der Waals surface area contributed by atoms with Gasteiger partial charge in [-0.2, -0.15) is 0 Å².